The number of hydrogen-bond donors (Lipinski definition) is 2. The Hall–Kier alpha value is -0.780. The summed E-state index contributed by atoms with van der Waals surface area (Å²) in [5, 5.41) is 5.88. The van der Waals surface area contributed by atoms with Gasteiger partial charge in [-0.3, -0.25) is 4.79 Å². The number of hydrogen-bond acceptors (Lipinski definition) is 2. The molecule has 1 aliphatic heterocycles. The lowest BCUT2D eigenvalue weighted by Crippen LogP contribution is -2.43. The van der Waals surface area contributed by atoms with Crippen molar-refractivity contribution >= 4 is 5.91 Å². The summed E-state index contributed by atoms with van der Waals surface area (Å²) >= 11 is 0. The van der Waals surface area contributed by atoms with Gasteiger partial charge in [0.05, 0.1) is 12.0 Å². The molecule has 1 saturated carbocycles. The molecule has 3 nitrogen and oxygen atoms in total. The highest BCUT2D eigenvalue weighted by molar-refractivity contribution is 5.81. The molecule has 0 bridgehead atoms. The SMILES string of the molecule is O=C(NCC1CCCC(C(F)(F)F)C1)C1CCCN1. The van der Waals surface area contributed by atoms with E-state index in [-0.39, 0.29) is 30.7 Å². The molecule has 0 radical (unpaired) electrons. The van der Waals surface area contributed by atoms with Gasteiger partial charge in [-0.1, -0.05) is 6.42 Å². The standard InChI is InChI=1S/C13H21F3N2O/c14-13(15,16)10-4-1-3-9(7-10)8-18-12(19)11-5-2-6-17-11/h9-11,17H,1-8H2,(H,18,19). The third kappa shape index (κ3) is 4.09. The molecule has 2 fully saturated rings. The first-order valence-electron chi connectivity index (χ1n) is 7.04. The summed E-state index contributed by atoms with van der Waals surface area (Å²) in [6.07, 6.45) is -0.508. The van der Waals surface area contributed by atoms with E-state index < -0.39 is 12.1 Å². The molecule has 0 aromatic rings. The lowest BCUT2D eigenvalue weighted by molar-refractivity contribution is -0.185. The van der Waals surface area contributed by atoms with E-state index in [1.807, 2.05) is 0 Å². The number of alkyl halides is 3. The molecule has 1 amide bonds. The van der Waals surface area contributed by atoms with Crippen molar-refractivity contribution in [3.05, 3.63) is 0 Å². The van der Waals surface area contributed by atoms with Crippen molar-refractivity contribution in [1.29, 1.82) is 0 Å². The maximum Gasteiger partial charge on any atom is 0.391 e. The number of carbonyl (C=O) groups excluding carboxylic acids is 1. The lowest BCUT2D eigenvalue weighted by Gasteiger charge is -2.30. The molecular formula is C13H21F3N2O. The van der Waals surface area contributed by atoms with E-state index in [1.165, 1.54) is 0 Å². The zero-order chi connectivity index (χ0) is 13.9. The van der Waals surface area contributed by atoms with Gasteiger partial charge in [0.2, 0.25) is 5.91 Å². The number of rotatable bonds is 3. The van der Waals surface area contributed by atoms with Gasteiger partial charge in [0.25, 0.3) is 0 Å². The minimum atomic E-state index is -4.09. The number of amides is 1. The molecule has 2 aliphatic rings. The molecule has 3 unspecified atom stereocenters. The van der Waals surface area contributed by atoms with Crippen LogP contribution in [0, 0.1) is 11.8 Å². The van der Waals surface area contributed by atoms with Crippen molar-refractivity contribution < 1.29 is 18.0 Å². The van der Waals surface area contributed by atoms with Gasteiger partial charge in [0, 0.05) is 6.54 Å². The number of nitrogens with one attached hydrogen (secondary N) is 2. The largest absolute Gasteiger partial charge is 0.391 e. The maximum absolute atomic E-state index is 12.7. The molecule has 110 valence electrons. The first kappa shape index (κ1) is 14.6. The number of carbonyl (C=O) groups is 1. The van der Waals surface area contributed by atoms with Crippen LogP contribution in [-0.2, 0) is 4.79 Å². The molecule has 6 heteroatoms. The van der Waals surface area contributed by atoms with Gasteiger partial charge in [-0.25, -0.2) is 0 Å². The van der Waals surface area contributed by atoms with Gasteiger partial charge >= 0.3 is 6.18 Å². The number of halogens is 3. The summed E-state index contributed by atoms with van der Waals surface area (Å²) in [7, 11) is 0. The molecule has 2 rings (SSSR count). The van der Waals surface area contributed by atoms with Crippen LogP contribution in [0.5, 0.6) is 0 Å². The van der Waals surface area contributed by atoms with Crippen molar-refractivity contribution in [2.75, 3.05) is 13.1 Å². The fourth-order valence-corrected chi connectivity index (χ4v) is 3.05. The van der Waals surface area contributed by atoms with Crippen LogP contribution in [0.1, 0.15) is 38.5 Å². The smallest absolute Gasteiger partial charge is 0.354 e. The highest BCUT2D eigenvalue weighted by Crippen LogP contribution is 2.39. The van der Waals surface area contributed by atoms with Gasteiger partial charge in [-0.05, 0) is 44.6 Å². The second-order valence-corrected chi connectivity index (χ2v) is 5.67. The van der Waals surface area contributed by atoms with E-state index in [0.29, 0.717) is 13.0 Å². The minimum absolute atomic E-state index is 0.0364. The van der Waals surface area contributed by atoms with Crippen molar-refractivity contribution in [1.82, 2.24) is 10.6 Å². The van der Waals surface area contributed by atoms with Crippen LogP contribution in [-0.4, -0.2) is 31.2 Å². The normalized spacial score (nSPS) is 32.3. The highest BCUT2D eigenvalue weighted by atomic mass is 19.4. The van der Waals surface area contributed by atoms with E-state index in [2.05, 4.69) is 10.6 Å². The van der Waals surface area contributed by atoms with Crippen LogP contribution in [0.3, 0.4) is 0 Å². The van der Waals surface area contributed by atoms with Gasteiger partial charge in [-0.2, -0.15) is 13.2 Å². The molecule has 1 aliphatic carbocycles. The van der Waals surface area contributed by atoms with Crippen LogP contribution in [0.2, 0.25) is 0 Å². The quantitative estimate of drug-likeness (QED) is 0.831. The van der Waals surface area contributed by atoms with Gasteiger partial charge in [-0.15, -0.1) is 0 Å². The zero-order valence-electron chi connectivity index (χ0n) is 10.9. The fraction of sp³-hybridized carbons (Fsp3) is 0.923. The van der Waals surface area contributed by atoms with Crippen LogP contribution in [0.4, 0.5) is 13.2 Å². The van der Waals surface area contributed by atoms with Gasteiger partial charge < -0.3 is 10.6 Å². The summed E-state index contributed by atoms with van der Waals surface area (Å²) in [6, 6.07) is -0.151. The summed E-state index contributed by atoms with van der Waals surface area (Å²) in [6.45, 7) is 1.22. The topological polar surface area (TPSA) is 41.1 Å². The van der Waals surface area contributed by atoms with Crippen molar-refractivity contribution in [2.24, 2.45) is 11.8 Å². The Morgan fingerprint density at radius 2 is 2.00 bits per heavy atom. The Morgan fingerprint density at radius 1 is 1.21 bits per heavy atom. The van der Waals surface area contributed by atoms with E-state index in [9.17, 15) is 18.0 Å². The Labute approximate surface area is 111 Å². The first-order chi connectivity index (χ1) is 8.97. The Bertz CT molecular complexity index is 314. The molecule has 19 heavy (non-hydrogen) atoms. The Morgan fingerprint density at radius 3 is 2.63 bits per heavy atom. The van der Waals surface area contributed by atoms with E-state index in [1.54, 1.807) is 0 Å². The minimum Gasteiger partial charge on any atom is -0.354 e. The molecular weight excluding hydrogens is 257 g/mol. The highest BCUT2D eigenvalue weighted by Gasteiger charge is 2.42. The Kier molecular flexibility index (Phi) is 4.71. The molecule has 1 heterocycles. The second-order valence-electron chi connectivity index (χ2n) is 5.67. The average Bonchev–Trinajstić information content (AvgIpc) is 2.89. The second kappa shape index (κ2) is 6.11. The van der Waals surface area contributed by atoms with Gasteiger partial charge in [0.1, 0.15) is 0 Å². The van der Waals surface area contributed by atoms with Crippen LogP contribution < -0.4 is 10.6 Å². The molecule has 3 atom stereocenters. The molecule has 0 spiro atoms. The zero-order valence-corrected chi connectivity index (χ0v) is 10.9. The predicted molar refractivity (Wildman–Crippen MR) is 65.5 cm³/mol. The molecule has 2 N–H and O–H groups in total. The average molecular weight is 278 g/mol. The first-order valence-corrected chi connectivity index (χ1v) is 7.04. The molecule has 0 aromatic heterocycles. The van der Waals surface area contributed by atoms with E-state index >= 15 is 0 Å². The van der Waals surface area contributed by atoms with Crippen molar-refractivity contribution in [3.63, 3.8) is 0 Å². The molecule has 0 aromatic carbocycles. The summed E-state index contributed by atoms with van der Waals surface area (Å²) in [4.78, 5) is 11.8. The summed E-state index contributed by atoms with van der Waals surface area (Å²) in [5.41, 5.74) is 0. The summed E-state index contributed by atoms with van der Waals surface area (Å²) < 4.78 is 38.0. The van der Waals surface area contributed by atoms with Crippen LogP contribution in [0.25, 0.3) is 0 Å². The van der Waals surface area contributed by atoms with E-state index in [0.717, 1.165) is 25.8 Å². The monoisotopic (exact) mass is 278 g/mol. The lowest BCUT2D eigenvalue weighted by atomic mass is 9.81. The third-order valence-corrected chi connectivity index (χ3v) is 4.19. The van der Waals surface area contributed by atoms with Crippen LogP contribution in [0.15, 0.2) is 0 Å². The summed E-state index contributed by atoms with van der Waals surface area (Å²) in [5.74, 6) is -1.29. The maximum atomic E-state index is 12.7. The van der Waals surface area contributed by atoms with Crippen LogP contribution >= 0.6 is 0 Å². The third-order valence-electron chi connectivity index (χ3n) is 4.19. The van der Waals surface area contributed by atoms with E-state index in [4.69, 9.17) is 0 Å². The fourth-order valence-electron chi connectivity index (χ4n) is 3.05. The predicted octanol–water partition coefficient (Wildman–Crippen LogP) is 2.22. The van der Waals surface area contributed by atoms with Crippen molar-refractivity contribution in [2.45, 2.75) is 50.7 Å². The van der Waals surface area contributed by atoms with Crippen molar-refractivity contribution in [3.8, 4) is 0 Å². The molecule has 1 saturated heterocycles. The van der Waals surface area contributed by atoms with Gasteiger partial charge in [0.15, 0.2) is 0 Å². The Balaban J connectivity index is 1.74.